The standard InChI is InChI=1S/C15H14F2/c16-15(17)11-4-2-7-13-9-5-8-12-6-1-3-10-14(12)13/h1,3,5-6,8-11H,2,4,7H2. The number of unbranched alkanes of at least 4 members (excludes halogenated alkanes) is 1. The third kappa shape index (κ3) is 3.13. The number of benzene rings is 2. The second-order valence-corrected chi connectivity index (χ2v) is 4.02. The highest BCUT2D eigenvalue weighted by atomic mass is 19.3. The van der Waals surface area contributed by atoms with Crippen molar-refractivity contribution in [1.82, 2.24) is 0 Å². The van der Waals surface area contributed by atoms with Crippen LogP contribution in [0.1, 0.15) is 18.4 Å². The summed E-state index contributed by atoms with van der Waals surface area (Å²) in [5.74, 6) is 0. The van der Waals surface area contributed by atoms with Gasteiger partial charge in [-0.1, -0.05) is 42.5 Å². The number of fused-ring (bicyclic) bond motifs is 1. The van der Waals surface area contributed by atoms with E-state index in [1.165, 1.54) is 16.3 Å². The molecule has 0 heterocycles. The van der Waals surface area contributed by atoms with E-state index in [2.05, 4.69) is 24.3 Å². The van der Waals surface area contributed by atoms with Crippen molar-refractivity contribution < 1.29 is 8.78 Å². The molecule has 0 amide bonds. The predicted molar refractivity (Wildman–Crippen MR) is 67.2 cm³/mol. The van der Waals surface area contributed by atoms with Crippen LogP contribution in [0, 0.1) is 0 Å². The largest absolute Gasteiger partial charge is 0.266 e. The third-order valence-corrected chi connectivity index (χ3v) is 2.83. The van der Waals surface area contributed by atoms with Crippen molar-refractivity contribution in [3.8, 4) is 0 Å². The Hall–Kier alpha value is -1.70. The van der Waals surface area contributed by atoms with Gasteiger partial charge >= 0.3 is 0 Å². The van der Waals surface area contributed by atoms with Gasteiger partial charge in [0.15, 0.2) is 0 Å². The third-order valence-electron chi connectivity index (χ3n) is 2.83. The summed E-state index contributed by atoms with van der Waals surface area (Å²) >= 11 is 0. The van der Waals surface area contributed by atoms with Crippen LogP contribution in [0.25, 0.3) is 10.8 Å². The average molecular weight is 232 g/mol. The Labute approximate surface area is 99.6 Å². The van der Waals surface area contributed by atoms with Crippen LogP contribution in [-0.2, 0) is 6.42 Å². The Morgan fingerprint density at radius 2 is 1.76 bits per heavy atom. The van der Waals surface area contributed by atoms with E-state index >= 15 is 0 Å². The molecule has 0 fully saturated rings. The number of rotatable bonds is 4. The minimum absolute atomic E-state index is 0.436. The molecule has 17 heavy (non-hydrogen) atoms. The maximum atomic E-state index is 11.9. The van der Waals surface area contributed by atoms with E-state index in [-0.39, 0.29) is 0 Å². The molecule has 2 aromatic rings. The summed E-state index contributed by atoms with van der Waals surface area (Å²) in [6, 6.07) is 14.3. The topological polar surface area (TPSA) is 0 Å². The SMILES string of the molecule is FC(F)=CCCCc1cccc2ccccc12. The van der Waals surface area contributed by atoms with Crippen molar-refractivity contribution in [3.05, 3.63) is 60.2 Å². The summed E-state index contributed by atoms with van der Waals surface area (Å²) in [7, 11) is 0. The highest BCUT2D eigenvalue weighted by Crippen LogP contribution is 2.20. The fraction of sp³-hybridized carbons (Fsp3) is 0.200. The Balaban J connectivity index is 2.11. The fourth-order valence-electron chi connectivity index (χ4n) is 2.01. The number of halogens is 2. The van der Waals surface area contributed by atoms with Crippen LogP contribution in [0.5, 0.6) is 0 Å². The van der Waals surface area contributed by atoms with Gasteiger partial charge in [-0.15, -0.1) is 0 Å². The van der Waals surface area contributed by atoms with Gasteiger partial charge in [0.25, 0.3) is 6.08 Å². The van der Waals surface area contributed by atoms with Gasteiger partial charge in [-0.25, -0.2) is 0 Å². The Morgan fingerprint density at radius 3 is 2.59 bits per heavy atom. The van der Waals surface area contributed by atoms with Gasteiger partial charge in [0.2, 0.25) is 0 Å². The first kappa shape index (κ1) is 11.8. The fourth-order valence-corrected chi connectivity index (χ4v) is 2.01. The molecule has 0 radical (unpaired) electrons. The Bertz CT molecular complexity index is 520. The van der Waals surface area contributed by atoms with Crippen LogP contribution in [0.4, 0.5) is 8.78 Å². The number of hydrogen-bond acceptors (Lipinski definition) is 0. The normalized spacial score (nSPS) is 10.5. The van der Waals surface area contributed by atoms with Crippen molar-refractivity contribution in [1.29, 1.82) is 0 Å². The molecule has 0 aliphatic carbocycles. The lowest BCUT2D eigenvalue weighted by molar-refractivity contribution is 0.417. The lowest BCUT2D eigenvalue weighted by Gasteiger charge is -2.05. The highest BCUT2D eigenvalue weighted by molar-refractivity contribution is 5.85. The van der Waals surface area contributed by atoms with Crippen molar-refractivity contribution in [3.63, 3.8) is 0 Å². The van der Waals surface area contributed by atoms with Crippen LogP contribution in [-0.4, -0.2) is 0 Å². The Morgan fingerprint density at radius 1 is 1.00 bits per heavy atom. The maximum absolute atomic E-state index is 11.9. The summed E-state index contributed by atoms with van der Waals surface area (Å²) < 4.78 is 23.7. The van der Waals surface area contributed by atoms with Gasteiger partial charge in [-0.3, -0.25) is 0 Å². The molecule has 0 N–H and O–H groups in total. The zero-order chi connectivity index (χ0) is 12.1. The Kier molecular flexibility index (Phi) is 3.86. The van der Waals surface area contributed by atoms with Gasteiger partial charge in [-0.2, -0.15) is 8.78 Å². The van der Waals surface area contributed by atoms with Gasteiger partial charge in [0.1, 0.15) is 0 Å². The summed E-state index contributed by atoms with van der Waals surface area (Å²) in [5, 5.41) is 2.43. The van der Waals surface area contributed by atoms with E-state index in [4.69, 9.17) is 0 Å². The molecule has 2 heteroatoms. The molecule has 0 unspecified atom stereocenters. The van der Waals surface area contributed by atoms with E-state index in [1.54, 1.807) is 0 Å². The van der Waals surface area contributed by atoms with Crippen LogP contribution >= 0.6 is 0 Å². The second-order valence-electron chi connectivity index (χ2n) is 4.02. The zero-order valence-corrected chi connectivity index (χ0v) is 9.50. The van der Waals surface area contributed by atoms with E-state index in [9.17, 15) is 8.78 Å². The predicted octanol–water partition coefficient (Wildman–Crippen LogP) is 4.94. The van der Waals surface area contributed by atoms with E-state index in [1.807, 2.05) is 18.2 Å². The van der Waals surface area contributed by atoms with Crippen molar-refractivity contribution in [2.45, 2.75) is 19.3 Å². The molecule has 0 nitrogen and oxygen atoms in total. The van der Waals surface area contributed by atoms with E-state index < -0.39 is 6.08 Å². The molecule has 0 saturated carbocycles. The number of allylic oxidation sites excluding steroid dienone is 1. The van der Waals surface area contributed by atoms with Crippen LogP contribution < -0.4 is 0 Å². The molecular weight excluding hydrogens is 218 g/mol. The van der Waals surface area contributed by atoms with Gasteiger partial charge in [0.05, 0.1) is 0 Å². The van der Waals surface area contributed by atoms with Crippen molar-refractivity contribution in [2.24, 2.45) is 0 Å². The zero-order valence-electron chi connectivity index (χ0n) is 9.50. The monoisotopic (exact) mass is 232 g/mol. The molecule has 2 aromatic carbocycles. The van der Waals surface area contributed by atoms with Gasteiger partial charge in [-0.05, 0) is 41.7 Å². The van der Waals surface area contributed by atoms with E-state index in [0.29, 0.717) is 6.42 Å². The summed E-state index contributed by atoms with van der Waals surface area (Å²) in [6.07, 6.45) is 1.44. The van der Waals surface area contributed by atoms with Crippen LogP contribution in [0.3, 0.4) is 0 Å². The molecule has 0 atom stereocenters. The minimum Gasteiger partial charge on any atom is -0.174 e. The molecule has 88 valence electrons. The second kappa shape index (κ2) is 5.58. The van der Waals surface area contributed by atoms with Gasteiger partial charge < -0.3 is 0 Å². The quantitative estimate of drug-likeness (QED) is 0.655. The van der Waals surface area contributed by atoms with Crippen LogP contribution in [0.15, 0.2) is 54.6 Å². The summed E-state index contributed by atoms with van der Waals surface area (Å²) in [4.78, 5) is 0. The maximum Gasteiger partial charge on any atom is 0.266 e. The average Bonchev–Trinajstić information content (AvgIpc) is 2.34. The van der Waals surface area contributed by atoms with E-state index in [0.717, 1.165) is 18.9 Å². The first-order valence-corrected chi connectivity index (χ1v) is 5.75. The van der Waals surface area contributed by atoms with Crippen LogP contribution in [0.2, 0.25) is 0 Å². The number of aryl methyl sites for hydroxylation is 1. The lowest BCUT2D eigenvalue weighted by atomic mass is 10.0. The molecule has 0 aliphatic heterocycles. The molecular formula is C15H14F2. The molecule has 0 aromatic heterocycles. The molecule has 0 aliphatic rings. The van der Waals surface area contributed by atoms with Gasteiger partial charge in [0, 0.05) is 0 Å². The number of hydrogen-bond donors (Lipinski definition) is 0. The van der Waals surface area contributed by atoms with Crippen molar-refractivity contribution in [2.75, 3.05) is 0 Å². The smallest absolute Gasteiger partial charge is 0.174 e. The molecule has 0 spiro atoms. The minimum atomic E-state index is -1.58. The first-order valence-electron chi connectivity index (χ1n) is 5.75. The molecule has 2 rings (SSSR count). The lowest BCUT2D eigenvalue weighted by Crippen LogP contribution is -1.87. The highest BCUT2D eigenvalue weighted by Gasteiger charge is 1.99. The van der Waals surface area contributed by atoms with Crippen molar-refractivity contribution >= 4 is 10.8 Å². The first-order chi connectivity index (χ1) is 8.27. The molecule has 0 saturated heterocycles. The summed E-state index contributed by atoms with van der Waals surface area (Å²) in [5.41, 5.74) is 1.23. The summed E-state index contributed by atoms with van der Waals surface area (Å²) in [6.45, 7) is 0. The molecule has 0 bridgehead atoms.